The maximum atomic E-state index is 13.7. The first-order chi connectivity index (χ1) is 15.3. The number of nitrogens with one attached hydrogen (secondary N) is 1. The number of pyridine rings is 1. The molecular weight excluding hydrogens is 416 g/mol. The number of aryl methyl sites for hydroxylation is 1. The van der Waals surface area contributed by atoms with Gasteiger partial charge in [-0.25, -0.2) is 4.98 Å². The molecule has 2 aromatic rings. The van der Waals surface area contributed by atoms with E-state index in [0.717, 1.165) is 30.9 Å². The third-order valence-corrected chi connectivity index (χ3v) is 6.19. The molecule has 4 rings (SSSR count). The SMILES string of the molecule is Cc1ccc(NC(=O)C2(c3ccccc3C(C)C)CN(CC3COC3)C2)c(OC(F)F)n1. The second kappa shape index (κ2) is 9.11. The zero-order valence-corrected chi connectivity index (χ0v) is 18.6. The molecule has 6 nitrogen and oxygen atoms in total. The zero-order valence-electron chi connectivity index (χ0n) is 18.6. The van der Waals surface area contributed by atoms with Crippen molar-refractivity contribution in [3.63, 3.8) is 0 Å². The van der Waals surface area contributed by atoms with Crippen molar-refractivity contribution >= 4 is 11.6 Å². The molecule has 0 spiro atoms. The Morgan fingerprint density at radius 3 is 2.59 bits per heavy atom. The summed E-state index contributed by atoms with van der Waals surface area (Å²) in [6.07, 6.45) is 0. The molecule has 0 radical (unpaired) electrons. The van der Waals surface area contributed by atoms with Crippen molar-refractivity contribution in [1.82, 2.24) is 9.88 Å². The number of alkyl halides is 2. The molecule has 1 N–H and O–H groups in total. The Bertz CT molecular complexity index is 973. The van der Waals surface area contributed by atoms with E-state index in [2.05, 4.69) is 39.9 Å². The summed E-state index contributed by atoms with van der Waals surface area (Å²) in [5.41, 5.74) is 1.98. The molecule has 1 amide bonds. The first-order valence-corrected chi connectivity index (χ1v) is 10.9. The number of hydrogen-bond donors (Lipinski definition) is 1. The van der Waals surface area contributed by atoms with E-state index in [0.29, 0.717) is 24.7 Å². The van der Waals surface area contributed by atoms with Crippen LogP contribution < -0.4 is 10.1 Å². The summed E-state index contributed by atoms with van der Waals surface area (Å²) in [5.74, 6) is 0.215. The van der Waals surface area contributed by atoms with Gasteiger partial charge in [-0.2, -0.15) is 8.78 Å². The van der Waals surface area contributed by atoms with E-state index in [1.165, 1.54) is 0 Å². The highest BCUT2D eigenvalue weighted by atomic mass is 19.3. The van der Waals surface area contributed by atoms with Gasteiger partial charge in [0.2, 0.25) is 11.8 Å². The van der Waals surface area contributed by atoms with Crippen molar-refractivity contribution < 1.29 is 23.0 Å². The van der Waals surface area contributed by atoms with Gasteiger partial charge in [-0.05, 0) is 36.1 Å². The Hall–Kier alpha value is -2.58. The van der Waals surface area contributed by atoms with E-state index in [9.17, 15) is 13.6 Å². The van der Waals surface area contributed by atoms with Crippen LogP contribution in [0.3, 0.4) is 0 Å². The molecule has 32 heavy (non-hydrogen) atoms. The van der Waals surface area contributed by atoms with Gasteiger partial charge >= 0.3 is 6.61 Å². The predicted octanol–water partition coefficient (Wildman–Crippen LogP) is 3.95. The van der Waals surface area contributed by atoms with Crippen molar-refractivity contribution in [3.8, 4) is 5.88 Å². The van der Waals surface area contributed by atoms with Gasteiger partial charge in [0.05, 0.1) is 18.6 Å². The Labute approximate surface area is 186 Å². The molecule has 2 aliphatic heterocycles. The molecule has 0 saturated carbocycles. The summed E-state index contributed by atoms with van der Waals surface area (Å²) in [6, 6.07) is 11.2. The summed E-state index contributed by atoms with van der Waals surface area (Å²) in [5, 5.41) is 2.84. The molecule has 172 valence electrons. The van der Waals surface area contributed by atoms with Crippen molar-refractivity contribution in [2.45, 2.75) is 38.7 Å². The Balaban J connectivity index is 1.64. The van der Waals surface area contributed by atoms with Crippen LogP contribution in [0.4, 0.5) is 14.5 Å². The molecule has 0 bridgehead atoms. The van der Waals surface area contributed by atoms with Gasteiger partial charge in [0.25, 0.3) is 0 Å². The predicted molar refractivity (Wildman–Crippen MR) is 117 cm³/mol. The third-order valence-electron chi connectivity index (χ3n) is 6.19. The molecule has 0 unspecified atom stereocenters. The van der Waals surface area contributed by atoms with Gasteiger partial charge < -0.3 is 14.8 Å². The maximum absolute atomic E-state index is 13.7. The minimum Gasteiger partial charge on any atom is -0.415 e. The molecule has 2 aliphatic rings. The van der Waals surface area contributed by atoms with Gasteiger partial charge in [-0.15, -0.1) is 0 Å². The summed E-state index contributed by atoms with van der Waals surface area (Å²) >= 11 is 0. The minimum absolute atomic E-state index is 0.146. The number of amides is 1. The van der Waals surface area contributed by atoms with Crippen LogP contribution in [-0.4, -0.2) is 55.3 Å². The second-order valence-electron chi connectivity index (χ2n) is 9.04. The average Bonchev–Trinajstić information content (AvgIpc) is 2.67. The lowest BCUT2D eigenvalue weighted by atomic mass is 9.69. The molecule has 3 heterocycles. The molecule has 1 aromatic heterocycles. The molecule has 2 saturated heterocycles. The van der Waals surface area contributed by atoms with Gasteiger partial charge in [0.1, 0.15) is 5.69 Å². The van der Waals surface area contributed by atoms with Crippen molar-refractivity contribution in [2.24, 2.45) is 5.92 Å². The summed E-state index contributed by atoms with van der Waals surface area (Å²) < 4.78 is 35.7. The number of likely N-dealkylation sites (tertiary alicyclic amines) is 1. The highest BCUT2D eigenvalue weighted by Gasteiger charge is 2.52. The molecular formula is C24H29F2N3O3. The number of carbonyl (C=O) groups is 1. The smallest absolute Gasteiger partial charge is 0.388 e. The number of hydrogen-bond acceptors (Lipinski definition) is 5. The monoisotopic (exact) mass is 445 g/mol. The maximum Gasteiger partial charge on any atom is 0.388 e. The number of rotatable bonds is 8. The number of carbonyl (C=O) groups excluding carboxylic acids is 1. The lowest BCUT2D eigenvalue weighted by Crippen LogP contribution is -2.66. The van der Waals surface area contributed by atoms with Crippen molar-refractivity contribution in [3.05, 3.63) is 53.2 Å². The van der Waals surface area contributed by atoms with E-state index in [4.69, 9.17) is 4.74 Å². The van der Waals surface area contributed by atoms with Crippen molar-refractivity contribution in [2.75, 3.05) is 38.2 Å². The Morgan fingerprint density at radius 1 is 1.25 bits per heavy atom. The van der Waals surface area contributed by atoms with Crippen LogP contribution >= 0.6 is 0 Å². The van der Waals surface area contributed by atoms with Gasteiger partial charge in [0, 0.05) is 31.2 Å². The van der Waals surface area contributed by atoms with Gasteiger partial charge in [0.15, 0.2) is 0 Å². The van der Waals surface area contributed by atoms with Crippen LogP contribution in [0.2, 0.25) is 0 Å². The minimum atomic E-state index is -3.03. The fourth-order valence-electron chi connectivity index (χ4n) is 4.52. The first kappa shape index (κ1) is 22.6. The number of benzene rings is 1. The number of nitrogens with zero attached hydrogens (tertiary/aromatic N) is 2. The van der Waals surface area contributed by atoms with E-state index >= 15 is 0 Å². The van der Waals surface area contributed by atoms with E-state index in [-0.39, 0.29) is 23.4 Å². The summed E-state index contributed by atoms with van der Waals surface area (Å²) in [4.78, 5) is 20.0. The fourth-order valence-corrected chi connectivity index (χ4v) is 4.52. The normalized spacial score (nSPS) is 18.3. The summed E-state index contributed by atoms with van der Waals surface area (Å²) in [7, 11) is 0. The molecule has 8 heteroatoms. The molecule has 0 aliphatic carbocycles. The molecule has 0 atom stereocenters. The quantitative estimate of drug-likeness (QED) is 0.667. The van der Waals surface area contributed by atoms with Crippen LogP contribution in [0, 0.1) is 12.8 Å². The lowest BCUT2D eigenvalue weighted by Gasteiger charge is -2.51. The van der Waals surface area contributed by atoms with Crippen molar-refractivity contribution in [1.29, 1.82) is 0 Å². The third kappa shape index (κ3) is 4.47. The van der Waals surface area contributed by atoms with Crippen LogP contribution in [0.25, 0.3) is 0 Å². The molecule has 2 fully saturated rings. The van der Waals surface area contributed by atoms with E-state index in [1.54, 1.807) is 19.1 Å². The number of anilines is 1. The van der Waals surface area contributed by atoms with Crippen LogP contribution in [-0.2, 0) is 14.9 Å². The Kier molecular flexibility index (Phi) is 6.44. The number of halogens is 2. The topological polar surface area (TPSA) is 63.7 Å². The summed E-state index contributed by atoms with van der Waals surface area (Å²) in [6.45, 7) is 6.36. The van der Waals surface area contributed by atoms with Crippen LogP contribution in [0.5, 0.6) is 5.88 Å². The van der Waals surface area contributed by atoms with Gasteiger partial charge in [-0.3, -0.25) is 9.69 Å². The highest BCUT2D eigenvalue weighted by Crippen LogP contribution is 2.41. The largest absolute Gasteiger partial charge is 0.415 e. The fraction of sp³-hybridized carbons (Fsp3) is 0.500. The van der Waals surface area contributed by atoms with E-state index in [1.807, 2.05) is 18.2 Å². The number of ether oxygens (including phenoxy) is 2. The highest BCUT2D eigenvalue weighted by molar-refractivity contribution is 6.01. The standard InChI is InChI=1S/C24H29F2N3O3/c1-15(2)18-6-4-5-7-19(18)24(13-29(14-24)10-17-11-31-12-17)22(30)28-20-9-8-16(3)27-21(20)32-23(25)26/h4-9,15,17,23H,10-14H2,1-3H3,(H,28,30). The van der Waals surface area contributed by atoms with E-state index < -0.39 is 12.0 Å². The zero-order chi connectivity index (χ0) is 22.9. The van der Waals surface area contributed by atoms with Gasteiger partial charge in [-0.1, -0.05) is 38.1 Å². The lowest BCUT2D eigenvalue weighted by molar-refractivity contribution is -0.130. The van der Waals surface area contributed by atoms with Crippen LogP contribution in [0.15, 0.2) is 36.4 Å². The Morgan fingerprint density at radius 2 is 1.97 bits per heavy atom. The average molecular weight is 446 g/mol. The first-order valence-electron chi connectivity index (χ1n) is 10.9. The molecule has 1 aromatic carbocycles. The number of aromatic nitrogens is 1. The second-order valence-corrected chi connectivity index (χ2v) is 9.04. The van der Waals surface area contributed by atoms with Crippen LogP contribution in [0.1, 0.15) is 36.6 Å².